The van der Waals surface area contributed by atoms with E-state index < -0.39 is 6.10 Å². The van der Waals surface area contributed by atoms with Gasteiger partial charge in [-0.3, -0.25) is 0 Å². The van der Waals surface area contributed by atoms with E-state index in [0.29, 0.717) is 10.9 Å². The van der Waals surface area contributed by atoms with Crippen LogP contribution in [0, 0.1) is 12.8 Å². The normalized spacial score (nSPS) is 12.7. The minimum absolute atomic E-state index is 0.625. The molecule has 1 unspecified atom stereocenters. The molecule has 2 aromatic rings. The minimum Gasteiger partial charge on any atom is -0.384 e. The summed E-state index contributed by atoms with van der Waals surface area (Å²) in [6.45, 7) is 6.39. The first-order valence-corrected chi connectivity index (χ1v) is 7.37. The quantitative estimate of drug-likeness (QED) is 0.846. The van der Waals surface area contributed by atoms with Crippen molar-refractivity contribution in [3.05, 3.63) is 69.7 Å². The Labute approximate surface area is 126 Å². The van der Waals surface area contributed by atoms with E-state index in [2.05, 4.69) is 26.0 Å². The molecule has 0 spiro atoms. The molecule has 20 heavy (non-hydrogen) atoms. The SMILES string of the molecule is Cc1cc(Cl)cc(C(O)c2ccc(CC(C)C)cc2)c1. The van der Waals surface area contributed by atoms with Crippen LogP contribution in [0.4, 0.5) is 0 Å². The largest absolute Gasteiger partial charge is 0.384 e. The topological polar surface area (TPSA) is 20.2 Å². The predicted octanol–water partition coefficient (Wildman–Crippen LogP) is 4.93. The van der Waals surface area contributed by atoms with E-state index in [-0.39, 0.29) is 0 Å². The molecule has 0 aromatic heterocycles. The lowest BCUT2D eigenvalue weighted by atomic mass is 9.97. The van der Waals surface area contributed by atoms with Crippen molar-refractivity contribution in [2.45, 2.75) is 33.3 Å². The van der Waals surface area contributed by atoms with Crippen LogP contribution in [0.15, 0.2) is 42.5 Å². The van der Waals surface area contributed by atoms with Gasteiger partial charge in [-0.25, -0.2) is 0 Å². The average molecular weight is 289 g/mol. The average Bonchev–Trinajstić information content (AvgIpc) is 2.37. The first kappa shape index (κ1) is 15.1. The molecule has 106 valence electrons. The first-order chi connectivity index (χ1) is 9.45. The van der Waals surface area contributed by atoms with Crippen LogP contribution < -0.4 is 0 Å². The Morgan fingerprint density at radius 3 is 2.20 bits per heavy atom. The van der Waals surface area contributed by atoms with Crippen LogP contribution in [0.5, 0.6) is 0 Å². The summed E-state index contributed by atoms with van der Waals surface area (Å²) in [5, 5.41) is 11.1. The highest BCUT2D eigenvalue weighted by atomic mass is 35.5. The number of benzene rings is 2. The molecule has 0 bridgehead atoms. The van der Waals surface area contributed by atoms with E-state index >= 15 is 0 Å². The minimum atomic E-state index is -0.625. The van der Waals surface area contributed by atoms with E-state index in [1.54, 1.807) is 0 Å². The lowest BCUT2D eigenvalue weighted by molar-refractivity contribution is 0.220. The molecular formula is C18H21ClO. The molecular weight excluding hydrogens is 268 g/mol. The van der Waals surface area contributed by atoms with Gasteiger partial charge in [0.1, 0.15) is 6.10 Å². The molecule has 0 saturated carbocycles. The van der Waals surface area contributed by atoms with Crippen molar-refractivity contribution in [2.24, 2.45) is 5.92 Å². The van der Waals surface area contributed by atoms with Crippen LogP contribution in [-0.2, 0) is 6.42 Å². The predicted molar refractivity (Wildman–Crippen MR) is 85.2 cm³/mol. The Morgan fingerprint density at radius 1 is 1.00 bits per heavy atom. The van der Waals surface area contributed by atoms with Crippen molar-refractivity contribution < 1.29 is 5.11 Å². The monoisotopic (exact) mass is 288 g/mol. The Morgan fingerprint density at radius 2 is 1.65 bits per heavy atom. The molecule has 2 heteroatoms. The van der Waals surface area contributed by atoms with Gasteiger partial charge >= 0.3 is 0 Å². The number of hydrogen-bond acceptors (Lipinski definition) is 1. The fourth-order valence-electron chi connectivity index (χ4n) is 2.42. The van der Waals surface area contributed by atoms with Crippen LogP contribution in [0.2, 0.25) is 5.02 Å². The van der Waals surface area contributed by atoms with Gasteiger partial charge in [-0.05, 0) is 53.6 Å². The highest BCUT2D eigenvalue weighted by Crippen LogP contribution is 2.26. The van der Waals surface area contributed by atoms with E-state index in [9.17, 15) is 5.11 Å². The zero-order valence-corrected chi connectivity index (χ0v) is 13.0. The molecule has 0 saturated heterocycles. The van der Waals surface area contributed by atoms with Crippen LogP contribution >= 0.6 is 11.6 Å². The summed E-state index contributed by atoms with van der Waals surface area (Å²) in [7, 11) is 0. The highest BCUT2D eigenvalue weighted by Gasteiger charge is 2.11. The smallest absolute Gasteiger partial charge is 0.104 e. The maximum Gasteiger partial charge on any atom is 0.104 e. The van der Waals surface area contributed by atoms with Crippen molar-refractivity contribution in [3.63, 3.8) is 0 Å². The summed E-state index contributed by atoms with van der Waals surface area (Å²) in [6, 6.07) is 13.9. The van der Waals surface area contributed by atoms with Crippen LogP contribution in [0.25, 0.3) is 0 Å². The van der Waals surface area contributed by atoms with Gasteiger partial charge < -0.3 is 5.11 Å². The molecule has 0 amide bonds. The molecule has 0 aliphatic carbocycles. The molecule has 2 aromatic carbocycles. The van der Waals surface area contributed by atoms with Crippen molar-refractivity contribution in [2.75, 3.05) is 0 Å². The summed E-state index contributed by atoms with van der Waals surface area (Å²) in [6.07, 6.45) is 0.438. The summed E-state index contributed by atoms with van der Waals surface area (Å²) in [4.78, 5) is 0. The van der Waals surface area contributed by atoms with E-state index in [1.807, 2.05) is 37.3 Å². The second kappa shape index (κ2) is 6.43. The first-order valence-electron chi connectivity index (χ1n) is 6.99. The number of halogens is 1. The molecule has 2 rings (SSSR count). The van der Waals surface area contributed by atoms with Crippen molar-refractivity contribution >= 4 is 11.6 Å². The Kier molecular flexibility index (Phi) is 4.85. The lowest BCUT2D eigenvalue weighted by Gasteiger charge is -2.14. The van der Waals surface area contributed by atoms with Crippen molar-refractivity contribution in [1.82, 2.24) is 0 Å². The Bertz CT molecular complexity index is 552. The van der Waals surface area contributed by atoms with Crippen LogP contribution in [0.1, 0.15) is 42.2 Å². The number of rotatable bonds is 4. The Balaban J connectivity index is 2.22. The molecule has 0 aliphatic heterocycles. The summed E-state index contributed by atoms with van der Waals surface area (Å²) in [5.41, 5.74) is 4.10. The second-order valence-corrected chi connectivity index (χ2v) is 6.24. The number of aryl methyl sites for hydroxylation is 1. The second-order valence-electron chi connectivity index (χ2n) is 5.80. The molecule has 0 radical (unpaired) electrons. The Hall–Kier alpha value is -1.31. The van der Waals surface area contributed by atoms with Gasteiger partial charge in [-0.2, -0.15) is 0 Å². The van der Waals surface area contributed by atoms with Gasteiger partial charge in [0, 0.05) is 5.02 Å². The van der Waals surface area contributed by atoms with Gasteiger partial charge in [0.25, 0.3) is 0 Å². The maximum atomic E-state index is 10.5. The molecule has 0 aliphatic rings. The zero-order valence-electron chi connectivity index (χ0n) is 12.2. The third-order valence-corrected chi connectivity index (χ3v) is 3.54. The van der Waals surface area contributed by atoms with Crippen LogP contribution in [-0.4, -0.2) is 5.11 Å². The molecule has 1 N–H and O–H groups in total. The third kappa shape index (κ3) is 3.84. The summed E-state index contributed by atoms with van der Waals surface area (Å²) < 4.78 is 0. The highest BCUT2D eigenvalue weighted by molar-refractivity contribution is 6.30. The molecule has 1 nitrogen and oxygen atoms in total. The van der Waals surface area contributed by atoms with Gasteiger partial charge in [-0.15, -0.1) is 0 Å². The number of aliphatic hydroxyl groups excluding tert-OH is 1. The van der Waals surface area contributed by atoms with Gasteiger partial charge in [0.15, 0.2) is 0 Å². The number of hydrogen-bond donors (Lipinski definition) is 1. The maximum absolute atomic E-state index is 10.5. The van der Waals surface area contributed by atoms with E-state index in [1.165, 1.54) is 5.56 Å². The van der Waals surface area contributed by atoms with E-state index in [4.69, 9.17) is 11.6 Å². The third-order valence-electron chi connectivity index (χ3n) is 3.32. The van der Waals surface area contributed by atoms with E-state index in [0.717, 1.165) is 23.1 Å². The van der Waals surface area contributed by atoms with Gasteiger partial charge in [0.05, 0.1) is 0 Å². The van der Waals surface area contributed by atoms with Gasteiger partial charge in [0.2, 0.25) is 0 Å². The summed E-state index contributed by atoms with van der Waals surface area (Å²) >= 11 is 6.05. The van der Waals surface area contributed by atoms with Gasteiger partial charge in [-0.1, -0.05) is 55.8 Å². The zero-order chi connectivity index (χ0) is 14.7. The molecule has 1 atom stereocenters. The fraction of sp³-hybridized carbons (Fsp3) is 0.333. The molecule has 0 fully saturated rings. The number of aliphatic hydroxyl groups is 1. The lowest BCUT2D eigenvalue weighted by Crippen LogP contribution is -2.01. The van der Waals surface area contributed by atoms with Crippen LogP contribution in [0.3, 0.4) is 0 Å². The van der Waals surface area contributed by atoms with Crippen molar-refractivity contribution in [1.29, 1.82) is 0 Å². The standard InChI is InChI=1S/C18H21ClO/c1-12(2)8-14-4-6-15(7-5-14)18(20)16-9-13(3)10-17(19)11-16/h4-7,9-12,18,20H,8H2,1-3H3. The fourth-order valence-corrected chi connectivity index (χ4v) is 2.72. The van der Waals surface area contributed by atoms with Crippen molar-refractivity contribution in [3.8, 4) is 0 Å². The summed E-state index contributed by atoms with van der Waals surface area (Å²) in [5.74, 6) is 0.640. The molecule has 0 heterocycles.